The van der Waals surface area contributed by atoms with Crippen LogP contribution in [0.25, 0.3) is 0 Å². The van der Waals surface area contributed by atoms with Gasteiger partial charge in [0.05, 0.1) is 12.0 Å². The van der Waals surface area contributed by atoms with E-state index in [0.29, 0.717) is 12.6 Å². The Labute approximate surface area is 117 Å². The first kappa shape index (κ1) is 14.8. The van der Waals surface area contributed by atoms with Crippen molar-refractivity contribution in [2.75, 3.05) is 13.2 Å². The van der Waals surface area contributed by atoms with Crippen LogP contribution in [0.5, 0.6) is 0 Å². The van der Waals surface area contributed by atoms with Gasteiger partial charge in [-0.2, -0.15) is 5.26 Å². The molecule has 0 bridgehead atoms. The van der Waals surface area contributed by atoms with Gasteiger partial charge in [-0.15, -0.1) is 0 Å². The fraction of sp³-hybridized carbons (Fsp3) is 0.938. The summed E-state index contributed by atoms with van der Waals surface area (Å²) in [6, 6.07) is 2.83. The first-order valence-corrected chi connectivity index (χ1v) is 8.03. The third-order valence-electron chi connectivity index (χ3n) is 5.17. The minimum Gasteiger partial charge on any atom is -0.396 e. The molecule has 0 aliphatic heterocycles. The fourth-order valence-corrected chi connectivity index (χ4v) is 3.75. The average Bonchev–Trinajstić information content (AvgIpc) is 2.71. The van der Waals surface area contributed by atoms with E-state index in [1.165, 1.54) is 38.5 Å². The van der Waals surface area contributed by atoms with E-state index in [-0.39, 0.29) is 11.3 Å². The Hall–Kier alpha value is -0.590. The Morgan fingerprint density at radius 2 is 1.74 bits per heavy atom. The molecule has 2 fully saturated rings. The van der Waals surface area contributed by atoms with E-state index in [9.17, 15) is 10.4 Å². The van der Waals surface area contributed by atoms with Crippen molar-refractivity contribution in [2.24, 2.45) is 11.3 Å². The predicted molar refractivity (Wildman–Crippen MR) is 76.6 cm³/mol. The van der Waals surface area contributed by atoms with Gasteiger partial charge in [0.1, 0.15) is 0 Å². The van der Waals surface area contributed by atoms with Gasteiger partial charge in [0.2, 0.25) is 0 Å². The SMILES string of the molecule is N#CC1CCCCCC1NCC1(CO)CCCCC1. The van der Waals surface area contributed by atoms with Gasteiger partial charge in [0.25, 0.3) is 0 Å². The lowest BCUT2D eigenvalue weighted by molar-refractivity contribution is 0.0763. The van der Waals surface area contributed by atoms with Crippen LogP contribution in [-0.2, 0) is 0 Å². The molecule has 0 aromatic heterocycles. The summed E-state index contributed by atoms with van der Waals surface area (Å²) in [6.45, 7) is 1.19. The summed E-state index contributed by atoms with van der Waals surface area (Å²) in [5, 5.41) is 22.7. The number of aliphatic hydroxyl groups is 1. The number of nitriles is 1. The normalized spacial score (nSPS) is 31.4. The molecule has 0 spiro atoms. The molecule has 3 nitrogen and oxygen atoms in total. The lowest BCUT2D eigenvalue weighted by Gasteiger charge is -2.37. The van der Waals surface area contributed by atoms with E-state index < -0.39 is 0 Å². The van der Waals surface area contributed by atoms with E-state index in [4.69, 9.17) is 0 Å². The number of nitrogens with one attached hydrogen (secondary N) is 1. The lowest BCUT2D eigenvalue weighted by Crippen LogP contribution is -2.45. The van der Waals surface area contributed by atoms with Crippen LogP contribution >= 0.6 is 0 Å². The molecule has 0 heterocycles. The van der Waals surface area contributed by atoms with Gasteiger partial charge in [-0.25, -0.2) is 0 Å². The van der Waals surface area contributed by atoms with E-state index >= 15 is 0 Å². The summed E-state index contributed by atoms with van der Waals surface area (Å²) in [6.07, 6.45) is 11.9. The molecular weight excluding hydrogens is 236 g/mol. The highest BCUT2D eigenvalue weighted by Gasteiger charge is 2.33. The first-order chi connectivity index (χ1) is 9.29. The predicted octanol–water partition coefficient (Wildman–Crippen LogP) is 2.99. The van der Waals surface area contributed by atoms with Crippen LogP contribution in [0.4, 0.5) is 0 Å². The van der Waals surface area contributed by atoms with Crippen molar-refractivity contribution in [1.29, 1.82) is 5.26 Å². The Morgan fingerprint density at radius 1 is 1.05 bits per heavy atom. The first-order valence-electron chi connectivity index (χ1n) is 8.03. The van der Waals surface area contributed by atoms with Crippen molar-refractivity contribution in [3.63, 3.8) is 0 Å². The highest BCUT2D eigenvalue weighted by Crippen LogP contribution is 2.35. The molecule has 0 saturated heterocycles. The van der Waals surface area contributed by atoms with Crippen LogP contribution in [0.3, 0.4) is 0 Å². The molecule has 0 aromatic carbocycles. The highest BCUT2D eigenvalue weighted by molar-refractivity contribution is 4.95. The third-order valence-corrected chi connectivity index (χ3v) is 5.17. The molecule has 2 rings (SSSR count). The number of hydrogen-bond acceptors (Lipinski definition) is 3. The number of rotatable bonds is 4. The molecule has 0 radical (unpaired) electrons. The molecule has 2 N–H and O–H groups in total. The van der Waals surface area contributed by atoms with Crippen LogP contribution in [0.1, 0.15) is 64.2 Å². The Morgan fingerprint density at radius 3 is 2.42 bits per heavy atom. The topological polar surface area (TPSA) is 56.0 Å². The second kappa shape index (κ2) is 7.26. The highest BCUT2D eigenvalue weighted by atomic mass is 16.3. The average molecular weight is 264 g/mol. The molecular formula is C16H28N2O. The van der Waals surface area contributed by atoms with Gasteiger partial charge >= 0.3 is 0 Å². The quantitative estimate of drug-likeness (QED) is 0.767. The van der Waals surface area contributed by atoms with Crippen molar-refractivity contribution < 1.29 is 5.11 Å². The minimum absolute atomic E-state index is 0.0879. The van der Waals surface area contributed by atoms with Crippen LogP contribution in [0, 0.1) is 22.7 Å². The summed E-state index contributed by atoms with van der Waals surface area (Å²) in [5.74, 6) is 0.168. The maximum absolute atomic E-state index is 9.74. The standard InChI is InChI=1S/C16H28N2O/c17-11-14-7-3-1-4-8-15(14)18-12-16(13-19)9-5-2-6-10-16/h14-15,18-19H,1-10,12-13H2. The molecule has 0 amide bonds. The second-order valence-corrected chi connectivity index (χ2v) is 6.58. The van der Waals surface area contributed by atoms with Crippen molar-refractivity contribution in [1.82, 2.24) is 5.32 Å². The van der Waals surface area contributed by atoms with E-state index in [1.54, 1.807) is 0 Å². The van der Waals surface area contributed by atoms with E-state index in [0.717, 1.165) is 32.2 Å². The molecule has 2 atom stereocenters. The van der Waals surface area contributed by atoms with Gasteiger partial charge in [0.15, 0.2) is 0 Å². The third kappa shape index (κ3) is 3.94. The van der Waals surface area contributed by atoms with Gasteiger partial charge in [-0.3, -0.25) is 0 Å². The fourth-order valence-electron chi connectivity index (χ4n) is 3.75. The summed E-state index contributed by atoms with van der Waals surface area (Å²) >= 11 is 0. The van der Waals surface area contributed by atoms with Crippen molar-refractivity contribution in [3.05, 3.63) is 0 Å². The smallest absolute Gasteiger partial charge is 0.0672 e. The Kier molecular flexibility index (Phi) is 5.66. The summed E-state index contributed by atoms with van der Waals surface area (Å²) in [4.78, 5) is 0. The number of nitrogens with zero attached hydrogens (tertiary/aromatic N) is 1. The molecule has 19 heavy (non-hydrogen) atoms. The molecule has 3 heteroatoms. The zero-order chi connectivity index (χ0) is 13.6. The largest absolute Gasteiger partial charge is 0.396 e. The molecule has 2 aliphatic carbocycles. The second-order valence-electron chi connectivity index (χ2n) is 6.58. The van der Waals surface area contributed by atoms with E-state index in [1.807, 2.05) is 0 Å². The summed E-state index contributed by atoms with van der Waals surface area (Å²) in [5.41, 5.74) is 0.0879. The summed E-state index contributed by atoms with van der Waals surface area (Å²) < 4.78 is 0. The Bertz CT molecular complexity index is 304. The van der Waals surface area contributed by atoms with Crippen molar-refractivity contribution in [3.8, 4) is 6.07 Å². The minimum atomic E-state index is 0.0879. The van der Waals surface area contributed by atoms with Crippen molar-refractivity contribution >= 4 is 0 Å². The van der Waals surface area contributed by atoms with Crippen molar-refractivity contribution in [2.45, 2.75) is 70.3 Å². The number of hydrogen-bond donors (Lipinski definition) is 2. The van der Waals surface area contributed by atoms with Gasteiger partial charge in [-0.1, -0.05) is 38.5 Å². The van der Waals surface area contributed by atoms with E-state index in [2.05, 4.69) is 11.4 Å². The number of aliphatic hydroxyl groups excluding tert-OH is 1. The zero-order valence-corrected chi connectivity index (χ0v) is 12.0. The monoisotopic (exact) mass is 264 g/mol. The maximum Gasteiger partial charge on any atom is 0.0672 e. The molecule has 108 valence electrons. The molecule has 0 aromatic rings. The van der Waals surface area contributed by atoms with Gasteiger partial charge in [0, 0.05) is 24.6 Å². The maximum atomic E-state index is 9.74. The van der Waals surface area contributed by atoms with Crippen LogP contribution in [0.15, 0.2) is 0 Å². The molecule has 2 saturated carbocycles. The van der Waals surface area contributed by atoms with Gasteiger partial charge < -0.3 is 10.4 Å². The van der Waals surface area contributed by atoms with Crippen LogP contribution in [-0.4, -0.2) is 24.3 Å². The Balaban J connectivity index is 1.89. The van der Waals surface area contributed by atoms with Gasteiger partial charge in [-0.05, 0) is 25.7 Å². The lowest BCUT2D eigenvalue weighted by atomic mass is 9.74. The van der Waals surface area contributed by atoms with Crippen LogP contribution < -0.4 is 5.32 Å². The summed E-state index contributed by atoms with van der Waals surface area (Å²) in [7, 11) is 0. The molecule has 2 aliphatic rings. The molecule has 2 unspecified atom stereocenters. The van der Waals surface area contributed by atoms with Crippen LogP contribution in [0.2, 0.25) is 0 Å². The zero-order valence-electron chi connectivity index (χ0n) is 12.0.